The second kappa shape index (κ2) is 11.4. The second-order valence-corrected chi connectivity index (χ2v) is 12.3. The maximum atomic E-state index is 10.2. The zero-order valence-corrected chi connectivity index (χ0v) is 26.7. The predicted molar refractivity (Wildman–Crippen MR) is 200 cm³/mol. The molecule has 230 valence electrons. The summed E-state index contributed by atoms with van der Waals surface area (Å²) >= 11 is 0. The zero-order chi connectivity index (χ0) is 33.8. The van der Waals surface area contributed by atoms with Crippen LogP contribution in [0.15, 0.2) is 152 Å². The van der Waals surface area contributed by atoms with Crippen molar-refractivity contribution in [1.82, 2.24) is 9.13 Å². The van der Waals surface area contributed by atoms with Gasteiger partial charge in [-0.15, -0.1) is 0 Å². The Hall–Kier alpha value is -7.39. The van der Waals surface area contributed by atoms with Crippen molar-refractivity contribution < 1.29 is 0 Å². The first-order valence-electron chi connectivity index (χ1n) is 16.3. The maximum Gasteiger partial charge on any atom is 0.0998 e. The van der Waals surface area contributed by atoms with Crippen molar-refractivity contribution in [2.45, 2.75) is 0 Å². The van der Waals surface area contributed by atoms with Crippen LogP contribution in [-0.4, -0.2) is 9.13 Å². The standard InChI is InChI=1S/C45H25N5/c46-26-29-16-22-43-39(24-29)36-10-3-5-14-41(36)49(43)33-20-18-31(19-21-33)35-12-7-13-38(34-9-2-1-8-32(34)28-48)45(35)50-42-15-6-4-11-37(42)40-25-30(27-47)17-23-44(40)50/h1-25H. The van der Waals surface area contributed by atoms with Gasteiger partial charge in [0.2, 0.25) is 0 Å². The fourth-order valence-electron chi connectivity index (χ4n) is 7.44. The van der Waals surface area contributed by atoms with E-state index < -0.39 is 0 Å². The zero-order valence-electron chi connectivity index (χ0n) is 26.7. The van der Waals surface area contributed by atoms with Crippen LogP contribution < -0.4 is 0 Å². The third kappa shape index (κ3) is 4.31. The van der Waals surface area contributed by atoms with Crippen LogP contribution in [0.25, 0.3) is 77.2 Å². The number of aromatic nitrogens is 2. The van der Waals surface area contributed by atoms with Crippen LogP contribution in [-0.2, 0) is 0 Å². The van der Waals surface area contributed by atoms with E-state index in [0.29, 0.717) is 16.7 Å². The molecule has 50 heavy (non-hydrogen) atoms. The number of fused-ring (bicyclic) bond motifs is 6. The van der Waals surface area contributed by atoms with Crippen LogP contribution in [0.4, 0.5) is 0 Å². The maximum absolute atomic E-state index is 10.2. The highest BCUT2D eigenvalue weighted by Crippen LogP contribution is 2.42. The van der Waals surface area contributed by atoms with Crippen molar-refractivity contribution in [2.75, 3.05) is 0 Å². The molecule has 0 unspecified atom stereocenters. The third-order valence-electron chi connectivity index (χ3n) is 9.64. The number of rotatable bonds is 4. The lowest BCUT2D eigenvalue weighted by Gasteiger charge is -2.20. The van der Waals surface area contributed by atoms with Crippen LogP contribution in [0, 0.1) is 34.0 Å². The summed E-state index contributed by atoms with van der Waals surface area (Å²) in [7, 11) is 0. The van der Waals surface area contributed by atoms with Crippen molar-refractivity contribution in [2.24, 2.45) is 0 Å². The average Bonchev–Trinajstić information content (AvgIpc) is 3.69. The van der Waals surface area contributed by atoms with E-state index in [1.165, 1.54) is 0 Å². The fraction of sp³-hybridized carbons (Fsp3) is 0. The van der Waals surface area contributed by atoms with Gasteiger partial charge in [0, 0.05) is 43.9 Å². The largest absolute Gasteiger partial charge is 0.309 e. The van der Waals surface area contributed by atoms with E-state index in [0.717, 1.165) is 77.2 Å². The summed E-state index contributed by atoms with van der Waals surface area (Å²) in [6.45, 7) is 0. The van der Waals surface area contributed by atoms with Gasteiger partial charge in [-0.05, 0) is 72.3 Å². The Kier molecular flexibility index (Phi) is 6.56. The normalized spacial score (nSPS) is 11.1. The Labute approximate surface area is 287 Å². The minimum Gasteiger partial charge on any atom is -0.309 e. The van der Waals surface area contributed by atoms with Crippen LogP contribution >= 0.6 is 0 Å². The van der Waals surface area contributed by atoms with Gasteiger partial charge in [-0.2, -0.15) is 15.8 Å². The van der Waals surface area contributed by atoms with Gasteiger partial charge in [0.15, 0.2) is 0 Å². The molecule has 0 aliphatic carbocycles. The van der Waals surface area contributed by atoms with Gasteiger partial charge in [-0.25, -0.2) is 0 Å². The summed E-state index contributed by atoms with van der Waals surface area (Å²) in [5.74, 6) is 0. The van der Waals surface area contributed by atoms with Gasteiger partial charge in [-0.3, -0.25) is 0 Å². The van der Waals surface area contributed by atoms with E-state index in [4.69, 9.17) is 0 Å². The van der Waals surface area contributed by atoms with E-state index in [-0.39, 0.29) is 0 Å². The number of hydrogen-bond donors (Lipinski definition) is 0. The molecule has 0 saturated carbocycles. The summed E-state index contributed by atoms with van der Waals surface area (Å²) in [5, 5.41) is 33.7. The minimum absolute atomic E-state index is 0.597. The number of para-hydroxylation sites is 3. The molecular weight excluding hydrogens is 611 g/mol. The smallest absolute Gasteiger partial charge is 0.0998 e. The fourth-order valence-corrected chi connectivity index (χ4v) is 7.44. The topological polar surface area (TPSA) is 81.2 Å². The van der Waals surface area contributed by atoms with Gasteiger partial charge in [0.25, 0.3) is 0 Å². The molecule has 5 nitrogen and oxygen atoms in total. The predicted octanol–water partition coefficient (Wildman–Crippen LogP) is 10.8. The van der Waals surface area contributed by atoms with Crippen LogP contribution in [0.2, 0.25) is 0 Å². The molecule has 0 radical (unpaired) electrons. The Bertz CT molecular complexity index is 2960. The molecule has 2 aromatic heterocycles. The monoisotopic (exact) mass is 635 g/mol. The molecule has 7 aromatic carbocycles. The highest BCUT2D eigenvalue weighted by atomic mass is 15.0. The van der Waals surface area contributed by atoms with Gasteiger partial charge < -0.3 is 9.13 Å². The molecular formula is C45H25N5. The number of benzene rings is 7. The Morgan fingerprint density at radius 3 is 1.54 bits per heavy atom. The summed E-state index contributed by atoms with van der Waals surface area (Å²) in [6.07, 6.45) is 0. The second-order valence-electron chi connectivity index (χ2n) is 12.3. The molecule has 0 aliphatic heterocycles. The van der Waals surface area contributed by atoms with Crippen molar-refractivity contribution in [3.63, 3.8) is 0 Å². The quantitative estimate of drug-likeness (QED) is 0.193. The Morgan fingerprint density at radius 1 is 0.380 bits per heavy atom. The summed E-state index contributed by atoms with van der Waals surface area (Å²) in [4.78, 5) is 0. The molecule has 0 saturated heterocycles. The molecule has 2 heterocycles. The third-order valence-corrected chi connectivity index (χ3v) is 9.64. The first-order valence-corrected chi connectivity index (χ1v) is 16.3. The Morgan fingerprint density at radius 2 is 0.900 bits per heavy atom. The molecule has 9 aromatic rings. The number of hydrogen-bond acceptors (Lipinski definition) is 3. The van der Waals surface area contributed by atoms with Crippen molar-refractivity contribution >= 4 is 43.6 Å². The minimum atomic E-state index is 0.597. The molecule has 0 fully saturated rings. The van der Waals surface area contributed by atoms with E-state index in [1.807, 2.05) is 84.9 Å². The first kappa shape index (κ1) is 28.8. The molecule has 5 heteroatoms. The van der Waals surface area contributed by atoms with E-state index in [1.54, 1.807) is 0 Å². The van der Waals surface area contributed by atoms with Crippen LogP contribution in [0.1, 0.15) is 16.7 Å². The lowest BCUT2D eigenvalue weighted by atomic mass is 9.93. The van der Waals surface area contributed by atoms with Gasteiger partial charge in [-0.1, -0.05) is 84.9 Å². The number of nitriles is 3. The summed E-state index contributed by atoms with van der Waals surface area (Å²) in [6, 6.07) is 57.9. The summed E-state index contributed by atoms with van der Waals surface area (Å²) < 4.78 is 4.52. The van der Waals surface area contributed by atoms with Gasteiger partial charge in [0.1, 0.15) is 0 Å². The molecule has 0 bridgehead atoms. The first-order chi connectivity index (χ1) is 24.7. The SMILES string of the molecule is N#Cc1ccc2c(c1)c1ccccc1n2-c1ccc(-c2cccc(-c3ccccc3C#N)c2-n2c3ccccc3c3cc(C#N)ccc32)cc1. The molecule has 0 amide bonds. The van der Waals surface area contributed by atoms with Crippen LogP contribution in [0.5, 0.6) is 0 Å². The highest BCUT2D eigenvalue weighted by molar-refractivity contribution is 6.11. The van der Waals surface area contributed by atoms with E-state index >= 15 is 0 Å². The molecule has 0 aliphatic rings. The number of nitrogens with zero attached hydrogens (tertiary/aromatic N) is 5. The highest BCUT2D eigenvalue weighted by Gasteiger charge is 2.21. The van der Waals surface area contributed by atoms with Crippen molar-refractivity contribution in [1.29, 1.82) is 15.8 Å². The molecule has 0 N–H and O–H groups in total. The Balaban J connectivity index is 1.31. The van der Waals surface area contributed by atoms with E-state index in [2.05, 4.69) is 94.1 Å². The van der Waals surface area contributed by atoms with Crippen molar-refractivity contribution in [3.8, 4) is 51.8 Å². The van der Waals surface area contributed by atoms with E-state index in [9.17, 15) is 15.8 Å². The molecule has 0 spiro atoms. The average molecular weight is 636 g/mol. The van der Waals surface area contributed by atoms with Gasteiger partial charge >= 0.3 is 0 Å². The van der Waals surface area contributed by atoms with Crippen molar-refractivity contribution in [3.05, 3.63) is 168 Å². The lowest BCUT2D eigenvalue weighted by Crippen LogP contribution is -2.02. The van der Waals surface area contributed by atoms with Gasteiger partial charge in [0.05, 0.1) is 62.7 Å². The molecule has 9 rings (SSSR count). The van der Waals surface area contributed by atoms with Crippen LogP contribution in [0.3, 0.4) is 0 Å². The molecule has 0 atom stereocenters. The summed E-state index contributed by atoms with van der Waals surface area (Å²) in [5.41, 5.74) is 11.7. The lowest BCUT2D eigenvalue weighted by molar-refractivity contribution is 1.17.